The highest BCUT2D eigenvalue weighted by Crippen LogP contribution is 2.41. The molecule has 80 heavy (non-hydrogen) atoms. The van der Waals surface area contributed by atoms with Crippen LogP contribution in [0.3, 0.4) is 0 Å². The first-order valence-corrected chi connectivity index (χ1v) is 26.1. The van der Waals surface area contributed by atoms with Crippen LogP contribution >= 0.6 is 11.6 Å². The molecule has 12 nitrogen and oxygen atoms in total. The average molecular weight is 1150 g/mol. The highest BCUT2D eigenvalue weighted by molar-refractivity contribution is 6.17. The molecule has 6 aromatic rings. The van der Waals surface area contributed by atoms with Gasteiger partial charge in [0.1, 0.15) is 48.5 Å². The Bertz CT molecular complexity index is 3070. The normalized spacial score (nSPS) is 12.2. The number of anilines is 1. The topological polar surface area (TPSA) is 102 Å². The molecular weight excluding hydrogens is 1090 g/mol. The van der Waals surface area contributed by atoms with Gasteiger partial charge in [-0.05, 0) is 49.1 Å². The predicted molar refractivity (Wildman–Crippen MR) is 276 cm³/mol. The fourth-order valence-electron chi connectivity index (χ4n) is 8.90. The van der Waals surface area contributed by atoms with E-state index < -0.39 is 80.7 Å². The molecule has 1 atom stereocenters. The van der Waals surface area contributed by atoms with E-state index in [-0.39, 0.29) is 56.3 Å². The Balaban J connectivity index is 1.35. The lowest BCUT2D eigenvalue weighted by molar-refractivity contribution is -0.711. The van der Waals surface area contributed by atoms with E-state index >= 15 is 17.6 Å². The smallest absolute Gasteiger partial charge is 0.379 e. The Kier molecular flexibility index (Phi) is 22.9. The summed E-state index contributed by atoms with van der Waals surface area (Å²) in [5.74, 6) is -4.86. The third-order valence-electron chi connectivity index (χ3n) is 12.9. The van der Waals surface area contributed by atoms with Crippen LogP contribution in [0.15, 0.2) is 97.6 Å². The fourth-order valence-corrected chi connectivity index (χ4v) is 9.09. The largest absolute Gasteiger partial charge is 0.422 e. The van der Waals surface area contributed by atoms with Gasteiger partial charge in [0.25, 0.3) is 11.4 Å². The van der Waals surface area contributed by atoms with Crippen LogP contribution < -0.4 is 28.5 Å². The molecule has 0 aliphatic heterocycles. The molecule has 2 aromatic carbocycles. The van der Waals surface area contributed by atoms with Crippen LogP contribution in [0.2, 0.25) is 0 Å². The first kappa shape index (κ1) is 62.6. The Hall–Kier alpha value is -6.59. The van der Waals surface area contributed by atoms with E-state index in [1.807, 2.05) is 0 Å². The van der Waals surface area contributed by atoms with Gasteiger partial charge in [-0.25, -0.2) is 26.9 Å². The number of nitrogens with zero attached hydrogens (tertiary/aromatic N) is 5. The van der Waals surface area contributed by atoms with Gasteiger partial charge < -0.3 is 29.2 Å². The quantitative estimate of drug-likeness (QED) is 0.0165. The lowest BCUT2D eigenvalue weighted by Gasteiger charge is -2.22. The van der Waals surface area contributed by atoms with Crippen LogP contribution in [-0.4, -0.2) is 91.7 Å². The summed E-state index contributed by atoms with van der Waals surface area (Å²) in [7, 11) is 6.36. The minimum absolute atomic E-state index is 0.0350. The monoisotopic (exact) mass is 1150 g/mol. The van der Waals surface area contributed by atoms with Gasteiger partial charge in [0, 0.05) is 105 Å². The number of halogens is 11. The number of carbonyl (C=O) groups excluding carboxylic acids is 2. The number of pyridine rings is 4. The molecule has 4 heterocycles. The summed E-state index contributed by atoms with van der Waals surface area (Å²) in [5, 5.41) is 2.80. The van der Waals surface area contributed by atoms with E-state index in [4.69, 9.17) is 30.5 Å². The number of amides is 1. The number of ether oxygens (including phenoxy) is 4. The molecule has 0 radical (unpaired) electrons. The van der Waals surface area contributed by atoms with Crippen LogP contribution in [0, 0.1) is 23.3 Å². The number of benzene rings is 2. The summed E-state index contributed by atoms with van der Waals surface area (Å²) in [6, 6.07) is 10.3. The summed E-state index contributed by atoms with van der Waals surface area (Å²) in [6.07, 6.45) is -1.49. The van der Waals surface area contributed by atoms with E-state index in [0.29, 0.717) is 104 Å². The second-order valence-corrected chi connectivity index (χ2v) is 19.2. The fraction of sp³-hybridized carbons (Fsp3) is 0.404. The van der Waals surface area contributed by atoms with E-state index in [1.165, 1.54) is 17.8 Å². The number of aromatic nitrogens is 4. The molecule has 4 aromatic heterocycles. The molecule has 1 N–H and O–H groups in total. The van der Waals surface area contributed by atoms with Crippen molar-refractivity contribution in [2.45, 2.75) is 56.9 Å². The van der Waals surface area contributed by atoms with Crippen molar-refractivity contribution in [2.24, 2.45) is 14.1 Å². The number of hydrogen-bond donors (Lipinski definition) is 1. The SMILES string of the molecule is CN(C)c1cc[n+](C)c(-c2cc(CCC(=O)NCCOCCOCCOCCOCCCCCCCl)cc[n+]2C(c2cc(F)cc(F)c2-c2ccc(C(F)(F)F)c[n+]2C)c2cc(F)cc(F)c2-c2ccc(C(F)(F)F)c[n+]2C=O)c1. The summed E-state index contributed by atoms with van der Waals surface area (Å²) in [5.41, 5.74) is -3.60. The Morgan fingerprint density at radius 2 is 1.18 bits per heavy atom. The highest BCUT2D eigenvalue weighted by atomic mass is 35.5. The zero-order valence-corrected chi connectivity index (χ0v) is 45.3. The molecule has 6 rings (SSSR count). The standard InChI is InChI=1S/C57H62ClF10N6O6/c1-70(2)43-16-19-71(3)50(34-43)51-29-38(9-14-52(76)69-18-22-78-24-26-80-28-27-79-25-23-77-21-8-6-5-7-17-58)15-20-74(51)55(44-30-41(59)32-46(61)53(44)48-12-10-39(35-72(48)4)56(63,64)65)45-31-42(60)33-47(62)54(45)49-13-11-40(57(66,67)68)36-73(49)37-75/h10-13,15-16,19-20,29-37,55H,5-9,14,17-18,21-28H2,1-4H3/q+3/p+1. The second-order valence-electron chi connectivity index (χ2n) is 18.8. The van der Waals surface area contributed by atoms with Gasteiger partial charge in [0.05, 0.1) is 57.4 Å². The van der Waals surface area contributed by atoms with Gasteiger partial charge in [-0.15, -0.1) is 16.2 Å². The van der Waals surface area contributed by atoms with Gasteiger partial charge in [0.2, 0.25) is 23.3 Å². The molecule has 0 bridgehead atoms. The van der Waals surface area contributed by atoms with Crippen LogP contribution in [0.4, 0.5) is 49.6 Å². The van der Waals surface area contributed by atoms with Crippen molar-refractivity contribution in [1.29, 1.82) is 0 Å². The molecule has 0 saturated carbocycles. The zero-order chi connectivity index (χ0) is 58.1. The zero-order valence-electron chi connectivity index (χ0n) is 44.5. The van der Waals surface area contributed by atoms with Crippen LogP contribution in [0.1, 0.15) is 66.0 Å². The van der Waals surface area contributed by atoms with Gasteiger partial charge in [-0.1, -0.05) is 12.8 Å². The lowest BCUT2D eigenvalue weighted by Crippen LogP contribution is -2.47. The van der Waals surface area contributed by atoms with Crippen molar-refractivity contribution in [3.8, 4) is 33.9 Å². The third kappa shape index (κ3) is 17.0. The highest BCUT2D eigenvalue weighted by Gasteiger charge is 2.42. The van der Waals surface area contributed by atoms with Crippen LogP contribution in [-0.2, 0) is 61.4 Å². The number of unbranched alkanes of at least 4 members (excludes halogenated alkanes) is 3. The number of aryl methyl sites for hydroxylation is 3. The predicted octanol–water partition coefficient (Wildman–Crippen LogP) is 9.16. The molecule has 0 spiro atoms. The number of alkyl halides is 7. The minimum atomic E-state index is -4.98. The van der Waals surface area contributed by atoms with Crippen molar-refractivity contribution in [1.82, 2.24) is 5.32 Å². The summed E-state index contributed by atoms with van der Waals surface area (Å²) in [4.78, 5) is 27.6. The second kappa shape index (κ2) is 29.2. The van der Waals surface area contributed by atoms with E-state index in [1.54, 1.807) is 61.1 Å². The van der Waals surface area contributed by atoms with Gasteiger partial charge in [-0.3, -0.25) is 4.79 Å². The Labute approximate surface area is 462 Å². The summed E-state index contributed by atoms with van der Waals surface area (Å²) in [6.45, 7) is 3.29. The minimum Gasteiger partial charge on any atom is -0.379 e. The van der Waals surface area contributed by atoms with E-state index in [2.05, 4.69) is 5.32 Å². The molecule has 0 aliphatic carbocycles. The molecule has 0 aliphatic rings. The number of rotatable bonds is 29. The number of carbonyl (C=O) groups is 2. The first-order chi connectivity index (χ1) is 38.1. The first-order valence-electron chi connectivity index (χ1n) is 25.6. The average Bonchev–Trinajstić information content (AvgIpc) is 3.60. The molecule has 23 heteroatoms. The summed E-state index contributed by atoms with van der Waals surface area (Å²) >= 11 is 5.69. The van der Waals surface area contributed by atoms with Gasteiger partial charge in [-0.2, -0.15) is 35.5 Å². The van der Waals surface area contributed by atoms with Crippen molar-refractivity contribution >= 4 is 29.6 Å². The molecule has 0 fully saturated rings. The van der Waals surface area contributed by atoms with Crippen molar-refractivity contribution in [2.75, 3.05) is 84.3 Å². The van der Waals surface area contributed by atoms with Gasteiger partial charge in [0.15, 0.2) is 24.8 Å². The molecule has 430 valence electrons. The van der Waals surface area contributed by atoms with Crippen LogP contribution in [0.5, 0.6) is 0 Å². The molecule has 0 saturated heterocycles. The number of hydrogen-bond acceptors (Lipinski definition) is 7. The third-order valence-corrected chi connectivity index (χ3v) is 13.2. The maximum atomic E-state index is 16.9. The Morgan fingerprint density at radius 1 is 0.625 bits per heavy atom. The molecule has 1 unspecified atom stereocenters. The molecular formula is C57H63ClF10N6O6+4. The van der Waals surface area contributed by atoms with Gasteiger partial charge >= 0.3 is 18.8 Å². The molecule has 1 amide bonds. The van der Waals surface area contributed by atoms with Crippen molar-refractivity contribution < 1.29 is 90.7 Å². The van der Waals surface area contributed by atoms with Crippen molar-refractivity contribution in [3.05, 3.63) is 149 Å². The van der Waals surface area contributed by atoms with Crippen LogP contribution in [0.25, 0.3) is 33.9 Å². The lowest BCUT2D eigenvalue weighted by atomic mass is 9.87. The maximum absolute atomic E-state index is 16.9. The maximum Gasteiger partial charge on any atom is 0.422 e. The van der Waals surface area contributed by atoms with E-state index in [9.17, 15) is 35.9 Å². The number of nitrogens with one attached hydrogen (secondary N) is 1. The summed E-state index contributed by atoms with van der Waals surface area (Å²) < 4.78 is 177. The van der Waals surface area contributed by atoms with E-state index in [0.717, 1.165) is 54.5 Å². The van der Waals surface area contributed by atoms with Crippen molar-refractivity contribution in [3.63, 3.8) is 0 Å². The Morgan fingerprint density at radius 3 is 1.74 bits per heavy atom.